The lowest BCUT2D eigenvalue weighted by Crippen LogP contribution is -2.40. The van der Waals surface area contributed by atoms with E-state index in [1.807, 2.05) is 57.2 Å². The molecular formula is C33H37N3O7. The molecule has 4 rings (SSSR count). The summed E-state index contributed by atoms with van der Waals surface area (Å²) in [5.74, 6) is -0.383. The van der Waals surface area contributed by atoms with Gasteiger partial charge in [-0.1, -0.05) is 74.5 Å². The van der Waals surface area contributed by atoms with Crippen LogP contribution < -0.4 is 10.1 Å². The van der Waals surface area contributed by atoms with Crippen LogP contribution in [0.3, 0.4) is 0 Å². The molecule has 4 aromatic rings. The molecule has 1 atom stereocenters. The predicted octanol–water partition coefficient (Wildman–Crippen LogP) is 7.93. The lowest BCUT2D eigenvalue weighted by molar-refractivity contribution is -0.152. The SMILES string of the molecule is CC.CCC(OC(=O)N(Cc1ccccc1)C(=O)Nc1ccccc1)c1cc(-c2ccc(OC(C)(C)C(=O)O)cc2)no1. The number of rotatable bonds is 10. The largest absolute Gasteiger partial charge is 0.478 e. The van der Waals surface area contributed by atoms with Crippen LogP contribution in [0.1, 0.15) is 58.5 Å². The van der Waals surface area contributed by atoms with Crippen LogP contribution in [-0.4, -0.2) is 38.9 Å². The Labute approximate surface area is 251 Å². The zero-order chi connectivity index (χ0) is 31.4. The highest BCUT2D eigenvalue weighted by Gasteiger charge is 2.30. The predicted molar refractivity (Wildman–Crippen MR) is 163 cm³/mol. The number of carbonyl (C=O) groups is 3. The maximum Gasteiger partial charge on any atom is 0.419 e. The van der Waals surface area contributed by atoms with Gasteiger partial charge in [0.25, 0.3) is 0 Å². The molecule has 1 aromatic heterocycles. The maximum absolute atomic E-state index is 13.3. The summed E-state index contributed by atoms with van der Waals surface area (Å²) in [5, 5.41) is 16.1. The summed E-state index contributed by atoms with van der Waals surface area (Å²) in [7, 11) is 0. The molecule has 10 nitrogen and oxygen atoms in total. The van der Waals surface area contributed by atoms with E-state index in [0.29, 0.717) is 34.9 Å². The number of hydrogen-bond donors (Lipinski definition) is 2. The second-order valence-corrected chi connectivity index (χ2v) is 9.70. The van der Waals surface area contributed by atoms with Crippen LogP contribution >= 0.6 is 0 Å². The first kappa shape index (κ1) is 32.4. The van der Waals surface area contributed by atoms with Crippen molar-refractivity contribution in [3.8, 4) is 17.0 Å². The fourth-order valence-corrected chi connectivity index (χ4v) is 3.83. The molecule has 226 valence electrons. The summed E-state index contributed by atoms with van der Waals surface area (Å²) in [6, 6.07) is 25.7. The van der Waals surface area contributed by atoms with Crippen LogP contribution in [0.5, 0.6) is 5.75 Å². The molecule has 0 aliphatic heterocycles. The molecular weight excluding hydrogens is 550 g/mol. The zero-order valence-corrected chi connectivity index (χ0v) is 24.9. The fourth-order valence-electron chi connectivity index (χ4n) is 3.83. The lowest BCUT2D eigenvalue weighted by atomic mass is 10.1. The van der Waals surface area contributed by atoms with Gasteiger partial charge in [0.15, 0.2) is 17.5 Å². The summed E-state index contributed by atoms with van der Waals surface area (Å²) < 4.78 is 16.8. The van der Waals surface area contributed by atoms with Crippen molar-refractivity contribution in [3.63, 3.8) is 0 Å². The molecule has 0 saturated carbocycles. The van der Waals surface area contributed by atoms with Crippen molar-refractivity contribution in [3.05, 3.63) is 102 Å². The second-order valence-electron chi connectivity index (χ2n) is 9.70. The highest BCUT2D eigenvalue weighted by Crippen LogP contribution is 2.29. The molecule has 0 aliphatic carbocycles. The number of imide groups is 1. The lowest BCUT2D eigenvalue weighted by Gasteiger charge is -2.23. The zero-order valence-electron chi connectivity index (χ0n) is 24.9. The Kier molecular flexibility index (Phi) is 11.5. The van der Waals surface area contributed by atoms with Crippen molar-refractivity contribution >= 4 is 23.8 Å². The fraction of sp³-hybridized carbons (Fsp3) is 0.273. The van der Waals surface area contributed by atoms with Crippen LogP contribution in [0, 0.1) is 0 Å². The van der Waals surface area contributed by atoms with Crippen LogP contribution in [-0.2, 0) is 16.1 Å². The molecule has 0 radical (unpaired) electrons. The van der Waals surface area contributed by atoms with Crippen molar-refractivity contribution in [2.45, 2.75) is 59.3 Å². The van der Waals surface area contributed by atoms with Crippen LogP contribution in [0.4, 0.5) is 15.3 Å². The number of carboxylic acid groups (broad SMARTS) is 1. The van der Waals surface area contributed by atoms with Crippen LogP contribution in [0.25, 0.3) is 11.3 Å². The number of para-hydroxylation sites is 1. The van der Waals surface area contributed by atoms with Gasteiger partial charge in [0.05, 0.1) is 6.54 Å². The number of anilines is 1. The van der Waals surface area contributed by atoms with Crippen molar-refractivity contribution in [2.24, 2.45) is 0 Å². The molecule has 0 aliphatic rings. The van der Waals surface area contributed by atoms with Gasteiger partial charge in [-0.3, -0.25) is 0 Å². The third kappa shape index (κ3) is 8.93. The topological polar surface area (TPSA) is 131 Å². The Morgan fingerprint density at radius 3 is 2.14 bits per heavy atom. The van der Waals surface area contributed by atoms with Crippen LogP contribution in [0.2, 0.25) is 0 Å². The van der Waals surface area contributed by atoms with E-state index < -0.39 is 29.8 Å². The molecule has 0 bridgehead atoms. The Morgan fingerprint density at radius 1 is 0.953 bits per heavy atom. The number of hydrogen-bond acceptors (Lipinski definition) is 7. The Bertz CT molecular complexity index is 1470. The number of amides is 3. The highest BCUT2D eigenvalue weighted by atomic mass is 16.6. The van der Waals surface area contributed by atoms with Gasteiger partial charge in [-0.05, 0) is 62.2 Å². The Hall–Kier alpha value is -5.12. The summed E-state index contributed by atoms with van der Waals surface area (Å²) in [6.07, 6.45) is -1.27. The second kappa shape index (κ2) is 15.2. The van der Waals surface area contributed by atoms with E-state index in [0.717, 1.165) is 10.5 Å². The Morgan fingerprint density at radius 2 is 1.56 bits per heavy atom. The molecule has 2 N–H and O–H groups in total. The molecule has 0 fully saturated rings. The first-order valence-corrected chi connectivity index (χ1v) is 14.0. The molecule has 43 heavy (non-hydrogen) atoms. The smallest absolute Gasteiger partial charge is 0.419 e. The number of urea groups is 1. The van der Waals surface area contributed by atoms with E-state index >= 15 is 0 Å². The Balaban J connectivity index is 0.00000248. The van der Waals surface area contributed by atoms with Gasteiger partial charge in [-0.25, -0.2) is 19.3 Å². The number of nitrogens with zero attached hydrogens (tertiary/aromatic N) is 2. The average Bonchev–Trinajstić information content (AvgIpc) is 3.51. The van der Waals surface area contributed by atoms with Gasteiger partial charge in [-0.15, -0.1) is 0 Å². The van der Waals surface area contributed by atoms with Gasteiger partial charge in [0.2, 0.25) is 0 Å². The number of carboxylic acids is 1. The number of aromatic nitrogens is 1. The normalized spacial score (nSPS) is 11.4. The first-order chi connectivity index (χ1) is 20.7. The summed E-state index contributed by atoms with van der Waals surface area (Å²) in [5.41, 5.74) is 1.09. The third-order valence-corrected chi connectivity index (χ3v) is 6.17. The summed E-state index contributed by atoms with van der Waals surface area (Å²) in [4.78, 5) is 38.8. The number of benzene rings is 3. The van der Waals surface area contributed by atoms with E-state index in [9.17, 15) is 19.5 Å². The minimum absolute atomic E-state index is 0.00350. The van der Waals surface area contributed by atoms with E-state index in [-0.39, 0.29) is 6.54 Å². The summed E-state index contributed by atoms with van der Waals surface area (Å²) >= 11 is 0. The van der Waals surface area contributed by atoms with Gasteiger partial charge in [-0.2, -0.15) is 0 Å². The standard InChI is InChI=1S/C31H31N3O7.C2H6/c1-4-26(27-19-25(33-41-27)22-15-17-24(18-16-22)40-31(2,3)28(35)36)39-30(38)34(20-21-11-7-5-8-12-21)29(37)32-23-13-9-6-10-14-23;1-2/h5-19,26H,4,20H2,1-3H3,(H,32,37)(H,35,36);1-2H3. The number of nitrogens with one attached hydrogen (secondary N) is 1. The summed E-state index contributed by atoms with van der Waals surface area (Å²) in [6.45, 7) is 8.75. The molecule has 10 heteroatoms. The minimum atomic E-state index is -1.38. The van der Waals surface area contributed by atoms with Crippen LogP contribution in [0.15, 0.2) is 95.5 Å². The molecule has 3 amide bonds. The molecule has 1 unspecified atom stereocenters. The van der Waals surface area contributed by atoms with E-state index in [2.05, 4.69) is 10.5 Å². The van der Waals surface area contributed by atoms with Gasteiger partial charge in [0, 0.05) is 17.3 Å². The van der Waals surface area contributed by atoms with E-state index in [4.69, 9.17) is 14.0 Å². The minimum Gasteiger partial charge on any atom is -0.478 e. The number of ether oxygens (including phenoxy) is 2. The molecule has 3 aromatic carbocycles. The van der Waals surface area contributed by atoms with Crippen molar-refractivity contribution < 1.29 is 33.5 Å². The first-order valence-electron chi connectivity index (χ1n) is 14.0. The average molecular weight is 588 g/mol. The van der Waals surface area contributed by atoms with Gasteiger partial charge >= 0.3 is 18.1 Å². The highest BCUT2D eigenvalue weighted by molar-refractivity contribution is 5.99. The van der Waals surface area contributed by atoms with E-state index in [1.54, 1.807) is 54.6 Å². The monoisotopic (exact) mass is 587 g/mol. The van der Waals surface area contributed by atoms with Gasteiger partial charge in [0.1, 0.15) is 11.4 Å². The third-order valence-electron chi connectivity index (χ3n) is 6.17. The van der Waals surface area contributed by atoms with E-state index in [1.165, 1.54) is 13.8 Å². The van der Waals surface area contributed by atoms with Crippen molar-refractivity contribution in [1.82, 2.24) is 10.1 Å². The molecule has 0 saturated heterocycles. The number of carbonyl (C=O) groups excluding carboxylic acids is 2. The number of aliphatic carboxylic acids is 1. The van der Waals surface area contributed by atoms with Crippen molar-refractivity contribution in [1.29, 1.82) is 0 Å². The quantitative estimate of drug-likeness (QED) is 0.191. The molecule has 1 heterocycles. The maximum atomic E-state index is 13.3. The van der Waals surface area contributed by atoms with Gasteiger partial charge < -0.3 is 24.4 Å². The molecule has 0 spiro atoms. The van der Waals surface area contributed by atoms with Crippen molar-refractivity contribution in [2.75, 3.05) is 5.32 Å².